The second-order valence-electron chi connectivity index (χ2n) is 4.91. The Bertz CT molecular complexity index is 270. The fourth-order valence-corrected chi connectivity index (χ4v) is 1.58. The highest BCUT2D eigenvalue weighted by Crippen LogP contribution is 2.14. The molecule has 1 rings (SSSR count). The molecule has 16 heavy (non-hydrogen) atoms. The molecule has 1 aliphatic rings. The Morgan fingerprint density at radius 3 is 2.62 bits per heavy atom. The number of rotatable bonds is 4. The summed E-state index contributed by atoms with van der Waals surface area (Å²) in [5, 5.41) is 14.7. The van der Waals surface area contributed by atoms with E-state index in [0.717, 1.165) is 25.8 Å². The van der Waals surface area contributed by atoms with E-state index in [2.05, 4.69) is 10.6 Å². The average molecular weight is 228 g/mol. The average Bonchev–Trinajstić information content (AvgIpc) is 2.27. The van der Waals surface area contributed by atoms with E-state index in [9.17, 15) is 9.59 Å². The van der Waals surface area contributed by atoms with Gasteiger partial charge in [-0.05, 0) is 33.2 Å². The van der Waals surface area contributed by atoms with Gasteiger partial charge in [0, 0.05) is 6.54 Å². The zero-order chi connectivity index (χ0) is 12.2. The molecule has 0 aromatic rings. The fraction of sp³-hybridized carbons (Fsp3) is 0.818. The molecule has 1 fully saturated rings. The maximum absolute atomic E-state index is 11.7. The Morgan fingerprint density at radius 2 is 2.12 bits per heavy atom. The normalized spacial score (nSPS) is 21.5. The molecule has 0 radical (unpaired) electrons. The Balaban J connectivity index is 2.37. The van der Waals surface area contributed by atoms with E-state index in [-0.39, 0.29) is 18.5 Å². The zero-order valence-corrected chi connectivity index (χ0v) is 9.88. The molecule has 1 amide bonds. The Morgan fingerprint density at radius 1 is 1.44 bits per heavy atom. The Hall–Kier alpha value is -1.10. The summed E-state index contributed by atoms with van der Waals surface area (Å²) >= 11 is 0. The molecule has 0 aliphatic carbocycles. The van der Waals surface area contributed by atoms with Crippen LogP contribution in [0.15, 0.2) is 0 Å². The predicted octanol–water partition coefficient (Wildman–Crippen LogP) is 0.356. The van der Waals surface area contributed by atoms with Crippen LogP contribution in [0.25, 0.3) is 0 Å². The van der Waals surface area contributed by atoms with E-state index in [0.29, 0.717) is 0 Å². The topological polar surface area (TPSA) is 78.4 Å². The van der Waals surface area contributed by atoms with Crippen molar-refractivity contribution in [2.75, 3.05) is 13.1 Å². The quantitative estimate of drug-likeness (QED) is 0.649. The molecule has 0 spiro atoms. The van der Waals surface area contributed by atoms with Crippen LogP contribution in [0.2, 0.25) is 0 Å². The standard InChI is InChI=1S/C11H20N2O3/c1-11(2,10(15)16)7-13-9(14)8-5-3-4-6-12-8/h8,12H,3-7H2,1-2H3,(H,13,14)(H,15,16)/t8-/m1/s1. The summed E-state index contributed by atoms with van der Waals surface area (Å²) in [6.45, 7) is 4.23. The maximum Gasteiger partial charge on any atom is 0.310 e. The van der Waals surface area contributed by atoms with Crippen molar-refractivity contribution in [2.24, 2.45) is 5.41 Å². The molecular formula is C11H20N2O3. The summed E-state index contributed by atoms with van der Waals surface area (Å²) in [4.78, 5) is 22.5. The molecule has 1 aliphatic heterocycles. The first-order valence-electron chi connectivity index (χ1n) is 5.68. The van der Waals surface area contributed by atoms with Crippen LogP contribution in [-0.2, 0) is 9.59 Å². The lowest BCUT2D eigenvalue weighted by Crippen LogP contribution is -2.49. The molecule has 1 atom stereocenters. The number of carbonyl (C=O) groups is 2. The van der Waals surface area contributed by atoms with Crippen molar-refractivity contribution in [2.45, 2.75) is 39.2 Å². The number of carbonyl (C=O) groups excluding carboxylic acids is 1. The SMILES string of the molecule is CC(C)(CNC(=O)[C@H]1CCCCN1)C(=O)O. The lowest BCUT2D eigenvalue weighted by atomic mass is 9.93. The molecule has 5 heteroatoms. The predicted molar refractivity (Wildman–Crippen MR) is 60.1 cm³/mol. The summed E-state index contributed by atoms with van der Waals surface area (Å²) < 4.78 is 0. The molecule has 1 saturated heterocycles. The summed E-state index contributed by atoms with van der Waals surface area (Å²) in [7, 11) is 0. The van der Waals surface area contributed by atoms with E-state index < -0.39 is 11.4 Å². The van der Waals surface area contributed by atoms with Crippen molar-refractivity contribution < 1.29 is 14.7 Å². The molecule has 0 bridgehead atoms. The Kier molecular flexibility index (Phi) is 4.29. The first-order chi connectivity index (χ1) is 7.43. The van der Waals surface area contributed by atoms with Gasteiger partial charge in [-0.1, -0.05) is 6.42 Å². The highest BCUT2D eigenvalue weighted by atomic mass is 16.4. The molecule has 3 N–H and O–H groups in total. The molecule has 0 aromatic carbocycles. The largest absolute Gasteiger partial charge is 0.481 e. The summed E-state index contributed by atoms with van der Waals surface area (Å²) in [6, 6.07) is -0.154. The monoisotopic (exact) mass is 228 g/mol. The third kappa shape index (κ3) is 3.48. The number of hydrogen-bond acceptors (Lipinski definition) is 3. The van der Waals surface area contributed by atoms with Crippen molar-refractivity contribution in [3.63, 3.8) is 0 Å². The van der Waals surface area contributed by atoms with Gasteiger partial charge >= 0.3 is 5.97 Å². The first-order valence-corrected chi connectivity index (χ1v) is 5.68. The van der Waals surface area contributed by atoms with Crippen molar-refractivity contribution in [1.82, 2.24) is 10.6 Å². The molecular weight excluding hydrogens is 208 g/mol. The van der Waals surface area contributed by atoms with Crippen molar-refractivity contribution in [3.8, 4) is 0 Å². The third-order valence-electron chi connectivity index (χ3n) is 2.91. The molecule has 1 heterocycles. The molecule has 92 valence electrons. The highest BCUT2D eigenvalue weighted by molar-refractivity contribution is 5.83. The van der Waals surface area contributed by atoms with Gasteiger partial charge in [-0.3, -0.25) is 9.59 Å². The van der Waals surface area contributed by atoms with Crippen LogP contribution < -0.4 is 10.6 Å². The number of carboxylic acid groups (broad SMARTS) is 1. The number of aliphatic carboxylic acids is 1. The minimum absolute atomic E-state index is 0.0889. The fourth-order valence-electron chi connectivity index (χ4n) is 1.58. The van der Waals surface area contributed by atoms with Crippen molar-refractivity contribution in [1.29, 1.82) is 0 Å². The number of amides is 1. The zero-order valence-electron chi connectivity index (χ0n) is 9.88. The molecule has 5 nitrogen and oxygen atoms in total. The molecule has 0 unspecified atom stereocenters. The summed E-state index contributed by atoms with van der Waals surface area (Å²) in [5.74, 6) is -0.988. The summed E-state index contributed by atoms with van der Waals surface area (Å²) in [5.41, 5.74) is -0.912. The van der Waals surface area contributed by atoms with Gasteiger partial charge < -0.3 is 15.7 Å². The van der Waals surface area contributed by atoms with Gasteiger partial charge in [0.2, 0.25) is 5.91 Å². The number of nitrogens with one attached hydrogen (secondary N) is 2. The van der Waals surface area contributed by atoms with Gasteiger partial charge in [0.15, 0.2) is 0 Å². The minimum atomic E-state index is -0.912. The Labute approximate surface area is 95.6 Å². The highest BCUT2D eigenvalue weighted by Gasteiger charge is 2.29. The van der Waals surface area contributed by atoms with E-state index >= 15 is 0 Å². The van der Waals surface area contributed by atoms with Crippen LogP contribution in [0.3, 0.4) is 0 Å². The van der Waals surface area contributed by atoms with Gasteiger partial charge in [-0.15, -0.1) is 0 Å². The van der Waals surface area contributed by atoms with Crippen LogP contribution in [0.4, 0.5) is 0 Å². The van der Waals surface area contributed by atoms with Gasteiger partial charge in [0.05, 0.1) is 11.5 Å². The number of piperidine rings is 1. The van der Waals surface area contributed by atoms with Crippen molar-refractivity contribution in [3.05, 3.63) is 0 Å². The smallest absolute Gasteiger partial charge is 0.310 e. The van der Waals surface area contributed by atoms with Crippen molar-refractivity contribution >= 4 is 11.9 Å². The van der Waals surface area contributed by atoms with Crippen LogP contribution >= 0.6 is 0 Å². The second kappa shape index (κ2) is 5.30. The third-order valence-corrected chi connectivity index (χ3v) is 2.91. The first kappa shape index (κ1) is 13.0. The van der Waals surface area contributed by atoms with Crippen LogP contribution in [0.1, 0.15) is 33.1 Å². The van der Waals surface area contributed by atoms with Gasteiger partial charge in [0.1, 0.15) is 0 Å². The van der Waals surface area contributed by atoms with E-state index in [1.54, 1.807) is 13.8 Å². The van der Waals surface area contributed by atoms with Gasteiger partial charge in [0.25, 0.3) is 0 Å². The molecule has 0 saturated carbocycles. The number of hydrogen-bond donors (Lipinski definition) is 3. The van der Waals surface area contributed by atoms with E-state index in [4.69, 9.17) is 5.11 Å². The second-order valence-corrected chi connectivity index (χ2v) is 4.91. The van der Waals surface area contributed by atoms with Crippen LogP contribution in [-0.4, -0.2) is 36.1 Å². The van der Waals surface area contributed by atoms with E-state index in [1.807, 2.05) is 0 Å². The summed E-state index contributed by atoms with van der Waals surface area (Å²) in [6.07, 6.45) is 2.98. The number of carboxylic acids is 1. The molecule has 0 aromatic heterocycles. The lowest BCUT2D eigenvalue weighted by molar-refractivity contribution is -0.146. The minimum Gasteiger partial charge on any atom is -0.481 e. The lowest BCUT2D eigenvalue weighted by Gasteiger charge is -2.25. The van der Waals surface area contributed by atoms with Crippen LogP contribution in [0.5, 0.6) is 0 Å². The van der Waals surface area contributed by atoms with Crippen LogP contribution in [0, 0.1) is 5.41 Å². The maximum atomic E-state index is 11.7. The van der Waals surface area contributed by atoms with Gasteiger partial charge in [-0.2, -0.15) is 0 Å². The van der Waals surface area contributed by atoms with E-state index in [1.165, 1.54) is 0 Å². The van der Waals surface area contributed by atoms with Gasteiger partial charge in [-0.25, -0.2) is 0 Å².